The van der Waals surface area contributed by atoms with Crippen LogP contribution in [-0.4, -0.2) is 105 Å². The first-order valence-corrected chi connectivity index (χ1v) is 17.0. The first-order valence-electron chi connectivity index (χ1n) is 17.0. The van der Waals surface area contributed by atoms with E-state index in [4.69, 9.17) is 14.2 Å². The Morgan fingerprint density at radius 2 is 1.71 bits per heavy atom. The molecule has 1 unspecified atom stereocenters. The van der Waals surface area contributed by atoms with E-state index >= 15 is 0 Å². The molecule has 4 amide bonds. The number of fused-ring (bicyclic) bond motifs is 2. The second kappa shape index (κ2) is 14.2. The molecule has 3 fully saturated rings. The quantitative estimate of drug-likeness (QED) is 0.259. The molecule has 0 bridgehead atoms. The van der Waals surface area contributed by atoms with Gasteiger partial charge in [0.15, 0.2) is 5.76 Å². The van der Waals surface area contributed by atoms with Crippen molar-refractivity contribution >= 4 is 34.6 Å². The van der Waals surface area contributed by atoms with Crippen LogP contribution in [-0.2, 0) is 34.0 Å². The number of hydrogen-bond acceptors (Lipinski definition) is 10. The van der Waals surface area contributed by atoms with Crippen molar-refractivity contribution < 1.29 is 23.6 Å². The maximum Gasteiger partial charge on any atom is 0.334 e. The zero-order chi connectivity index (χ0) is 34.7. The van der Waals surface area contributed by atoms with Crippen molar-refractivity contribution in [3.63, 3.8) is 0 Å². The van der Waals surface area contributed by atoms with Crippen molar-refractivity contribution in [3.8, 4) is 11.4 Å². The fraction of sp³-hybridized carbons (Fsp3) is 0.297. The predicted octanol–water partition coefficient (Wildman–Crippen LogP) is 3.26. The van der Waals surface area contributed by atoms with Crippen LogP contribution < -0.4 is 10.2 Å². The van der Waals surface area contributed by atoms with Crippen LogP contribution in [0.1, 0.15) is 16.9 Å². The molecule has 1 N–H and O–H groups in total. The zero-order valence-electron chi connectivity index (χ0n) is 27.9. The number of carbonyl (C=O) groups is 3. The largest absolute Gasteiger partial charge is 0.378 e. The first-order chi connectivity index (χ1) is 25.0. The number of nitrogens with zero attached hydrogens (tertiary/aromatic N) is 8. The molecular formula is C37H37N9O5. The minimum absolute atomic E-state index is 0.0912. The Kier molecular flexibility index (Phi) is 8.99. The van der Waals surface area contributed by atoms with E-state index in [1.165, 1.54) is 4.90 Å². The number of anilines is 1. The van der Waals surface area contributed by atoms with E-state index in [-0.39, 0.29) is 44.5 Å². The number of urea groups is 1. The fourth-order valence-corrected chi connectivity index (χ4v) is 6.86. The van der Waals surface area contributed by atoms with Crippen molar-refractivity contribution in [3.05, 3.63) is 108 Å². The molecule has 14 heteroatoms. The van der Waals surface area contributed by atoms with E-state index in [0.717, 1.165) is 40.9 Å². The number of hydrazine groups is 1. The maximum absolute atomic E-state index is 14.1. The highest BCUT2D eigenvalue weighted by molar-refractivity contribution is 5.89. The zero-order valence-corrected chi connectivity index (χ0v) is 27.9. The molecular weight excluding hydrogens is 650 g/mol. The van der Waals surface area contributed by atoms with Gasteiger partial charge in [-0.15, -0.1) is 0 Å². The number of carbonyl (C=O) groups excluding carboxylic acids is 3. The number of rotatable bonds is 8. The highest BCUT2D eigenvalue weighted by Gasteiger charge is 2.47. The number of morpholine rings is 1. The molecule has 3 aliphatic rings. The van der Waals surface area contributed by atoms with Gasteiger partial charge in [-0.25, -0.2) is 14.8 Å². The molecule has 51 heavy (non-hydrogen) atoms. The minimum atomic E-state index is -0.748. The third-order valence-electron chi connectivity index (χ3n) is 9.45. The molecule has 2 aromatic carbocycles. The summed E-state index contributed by atoms with van der Waals surface area (Å²) in [5, 5.41) is 11.5. The molecule has 0 aliphatic carbocycles. The summed E-state index contributed by atoms with van der Waals surface area (Å²) in [6, 6.07) is 26.4. The number of amides is 4. The number of ether oxygens (including phenoxy) is 1. The van der Waals surface area contributed by atoms with Crippen LogP contribution >= 0.6 is 0 Å². The van der Waals surface area contributed by atoms with Crippen molar-refractivity contribution in [2.45, 2.75) is 25.8 Å². The smallest absolute Gasteiger partial charge is 0.334 e. The van der Waals surface area contributed by atoms with Gasteiger partial charge in [0, 0.05) is 43.8 Å². The van der Waals surface area contributed by atoms with E-state index in [9.17, 15) is 14.4 Å². The second-order valence-electron chi connectivity index (χ2n) is 12.7. The van der Waals surface area contributed by atoms with Gasteiger partial charge in [0.05, 0.1) is 44.1 Å². The number of pyridine rings is 2. The average Bonchev–Trinajstić information content (AvgIpc) is 3.64. The number of aromatic nitrogens is 3. The predicted molar refractivity (Wildman–Crippen MR) is 186 cm³/mol. The lowest BCUT2D eigenvalue weighted by atomic mass is 10.1. The Hall–Kier alpha value is -5.86. The first kappa shape index (κ1) is 32.4. The summed E-state index contributed by atoms with van der Waals surface area (Å²) in [5.74, 6) is 0.844. The van der Waals surface area contributed by atoms with Gasteiger partial charge in [0.25, 0.3) is 0 Å². The molecule has 6 heterocycles. The molecule has 0 radical (unpaired) electrons. The molecule has 3 aliphatic heterocycles. The van der Waals surface area contributed by atoms with Gasteiger partial charge in [-0.1, -0.05) is 59.8 Å². The van der Waals surface area contributed by atoms with E-state index in [2.05, 4.69) is 20.4 Å². The number of benzene rings is 2. The topological polar surface area (TPSA) is 140 Å². The van der Waals surface area contributed by atoms with Crippen LogP contribution in [0.25, 0.3) is 22.3 Å². The Labute approximate surface area is 294 Å². The summed E-state index contributed by atoms with van der Waals surface area (Å²) in [6.07, 6.45) is 0.989. The summed E-state index contributed by atoms with van der Waals surface area (Å²) >= 11 is 0. The van der Waals surface area contributed by atoms with Crippen LogP contribution in [0.3, 0.4) is 0 Å². The van der Waals surface area contributed by atoms with Crippen molar-refractivity contribution in [1.82, 2.24) is 40.3 Å². The minimum Gasteiger partial charge on any atom is -0.378 e. The summed E-state index contributed by atoms with van der Waals surface area (Å²) in [5.41, 5.74) is 3.89. The van der Waals surface area contributed by atoms with E-state index in [1.54, 1.807) is 27.2 Å². The molecule has 14 nitrogen and oxygen atoms in total. The SMILES string of the molecule is O=C1CN2C(=O)CN(Cc3cc(-c4cccc(N5CCOCC5)n4)no3)N(C(=O)NCc3ccccc3)C2CN1Cc1cccc2ncccc12. The monoisotopic (exact) mass is 687 g/mol. The third-order valence-corrected chi connectivity index (χ3v) is 9.45. The molecule has 0 spiro atoms. The Balaban J connectivity index is 1.06. The van der Waals surface area contributed by atoms with Gasteiger partial charge < -0.3 is 29.3 Å². The second-order valence-corrected chi connectivity index (χ2v) is 12.7. The van der Waals surface area contributed by atoms with E-state index in [1.807, 2.05) is 78.9 Å². The summed E-state index contributed by atoms with van der Waals surface area (Å²) in [4.78, 5) is 55.9. The lowest BCUT2D eigenvalue weighted by Crippen LogP contribution is -2.73. The van der Waals surface area contributed by atoms with Gasteiger partial charge in [-0.2, -0.15) is 5.01 Å². The highest BCUT2D eigenvalue weighted by atomic mass is 16.5. The van der Waals surface area contributed by atoms with Crippen LogP contribution in [0.4, 0.5) is 10.6 Å². The van der Waals surface area contributed by atoms with Crippen LogP contribution in [0.5, 0.6) is 0 Å². The fourth-order valence-electron chi connectivity index (χ4n) is 6.86. The van der Waals surface area contributed by atoms with Gasteiger partial charge >= 0.3 is 6.03 Å². The van der Waals surface area contributed by atoms with Gasteiger partial charge in [0.1, 0.15) is 24.2 Å². The highest BCUT2D eigenvalue weighted by Crippen LogP contribution is 2.28. The van der Waals surface area contributed by atoms with Crippen molar-refractivity contribution in [2.75, 3.05) is 50.8 Å². The van der Waals surface area contributed by atoms with Gasteiger partial charge in [0.2, 0.25) is 11.8 Å². The number of nitrogens with one attached hydrogen (secondary N) is 1. The molecule has 1 atom stereocenters. The Morgan fingerprint density at radius 3 is 2.57 bits per heavy atom. The average molecular weight is 688 g/mol. The van der Waals surface area contributed by atoms with E-state index in [0.29, 0.717) is 36.9 Å². The normalized spacial score (nSPS) is 18.3. The van der Waals surface area contributed by atoms with Gasteiger partial charge in [-0.05, 0) is 35.4 Å². The molecule has 5 aromatic rings. The van der Waals surface area contributed by atoms with Crippen molar-refractivity contribution in [2.24, 2.45) is 0 Å². The lowest BCUT2D eigenvalue weighted by Gasteiger charge is -2.52. The molecule has 3 aromatic heterocycles. The Bertz CT molecular complexity index is 2050. The van der Waals surface area contributed by atoms with Crippen LogP contribution in [0.15, 0.2) is 95.6 Å². The molecule has 8 rings (SSSR count). The standard InChI is InChI=1S/C37H37N9O5/c47-35-25-45-34(23-43(35)21-27-9-4-11-30-29(27)10-6-14-38-30)46(37(49)39-20-26-7-2-1-3-8-26)44(24-36(45)48)22-28-19-32(41-51-28)31-12-5-13-33(40-31)42-15-17-50-18-16-42/h1-14,19,34H,15-18,20-25H2,(H,39,49). The van der Waals surface area contributed by atoms with Crippen LogP contribution in [0, 0.1) is 0 Å². The number of hydrogen-bond donors (Lipinski definition) is 1. The summed E-state index contributed by atoms with van der Waals surface area (Å²) < 4.78 is 11.3. The Morgan fingerprint density at radius 1 is 0.863 bits per heavy atom. The summed E-state index contributed by atoms with van der Waals surface area (Å²) in [7, 11) is 0. The van der Waals surface area contributed by atoms with Gasteiger partial charge in [-0.3, -0.25) is 14.6 Å². The molecule has 0 saturated carbocycles. The molecule has 260 valence electrons. The van der Waals surface area contributed by atoms with Crippen LogP contribution in [0.2, 0.25) is 0 Å². The lowest BCUT2D eigenvalue weighted by molar-refractivity contribution is -0.184. The number of piperazine rings is 1. The molecule has 3 saturated heterocycles. The summed E-state index contributed by atoms with van der Waals surface area (Å²) in [6.45, 7) is 3.35. The van der Waals surface area contributed by atoms with E-state index < -0.39 is 12.2 Å². The maximum atomic E-state index is 14.1. The third kappa shape index (κ3) is 6.83. The van der Waals surface area contributed by atoms with Crippen molar-refractivity contribution in [1.29, 1.82) is 0 Å².